The summed E-state index contributed by atoms with van der Waals surface area (Å²) in [5.74, 6) is 0.210. The number of rotatable bonds is 9. The Hall–Kier alpha value is -1.67. The Morgan fingerprint density at radius 2 is 1.92 bits per heavy atom. The van der Waals surface area contributed by atoms with Crippen molar-refractivity contribution in [1.82, 2.24) is 14.9 Å². The third-order valence-corrected chi connectivity index (χ3v) is 5.43. The van der Waals surface area contributed by atoms with Crippen LogP contribution in [0.1, 0.15) is 26.3 Å². The predicted octanol–water partition coefficient (Wildman–Crippen LogP) is 1.55. The molecule has 0 spiro atoms. The average molecular weight is 358 g/mol. The highest BCUT2D eigenvalue weighted by Gasteiger charge is 2.18. The van der Waals surface area contributed by atoms with Gasteiger partial charge in [-0.15, -0.1) is 0 Å². The Morgan fingerprint density at radius 1 is 1.21 bits per heavy atom. The van der Waals surface area contributed by atoms with Crippen molar-refractivity contribution in [3.63, 3.8) is 0 Å². The van der Waals surface area contributed by atoms with Gasteiger partial charge in [-0.1, -0.05) is 26.0 Å². The molecule has 0 aliphatic heterocycles. The molecule has 0 aliphatic rings. The molecule has 0 aliphatic carbocycles. The van der Waals surface area contributed by atoms with Crippen molar-refractivity contribution in [2.45, 2.75) is 27.3 Å². The van der Waals surface area contributed by atoms with Crippen LogP contribution in [0, 0.1) is 5.82 Å². The summed E-state index contributed by atoms with van der Waals surface area (Å²) in [4.78, 5) is 4.35. The van der Waals surface area contributed by atoms with Gasteiger partial charge in [0.15, 0.2) is 5.96 Å². The van der Waals surface area contributed by atoms with E-state index in [2.05, 4.69) is 15.6 Å². The first kappa shape index (κ1) is 20.4. The van der Waals surface area contributed by atoms with E-state index < -0.39 is 10.0 Å². The first-order chi connectivity index (χ1) is 11.4. The highest BCUT2D eigenvalue weighted by Crippen LogP contribution is 2.04. The topological polar surface area (TPSA) is 73.8 Å². The molecule has 0 heterocycles. The van der Waals surface area contributed by atoms with E-state index in [-0.39, 0.29) is 18.1 Å². The quantitative estimate of drug-likeness (QED) is 0.519. The van der Waals surface area contributed by atoms with E-state index in [0.717, 1.165) is 5.56 Å². The summed E-state index contributed by atoms with van der Waals surface area (Å²) in [6.07, 6.45) is 0. The van der Waals surface area contributed by atoms with Crippen molar-refractivity contribution < 1.29 is 12.8 Å². The number of hydrogen-bond acceptors (Lipinski definition) is 3. The maximum Gasteiger partial charge on any atom is 0.215 e. The molecular formula is C16H27FN4O2S. The molecular weight excluding hydrogens is 331 g/mol. The van der Waals surface area contributed by atoms with Crippen LogP contribution in [0.15, 0.2) is 29.3 Å². The molecule has 0 radical (unpaired) electrons. The second-order valence-corrected chi connectivity index (χ2v) is 7.24. The number of aliphatic imine (C=N–C) groups is 1. The molecule has 0 unspecified atom stereocenters. The molecule has 8 heteroatoms. The van der Waals surface area contributed by atoms with Gasteiger partial charge in [-0.2, -0.15) is 0 Å². The largest absolute Gasteiger partial charge is 0.357 e. The molecule has 0 saturated heterocycles. The lowest BCUT2D eigenvalue weighted by atomic mass is 10.2. The highest BCUT2D eigenvalue weighted by molar-refractivity contribution is 7.89. The standard InChI is InChI=1S/C16H27FN4O2S/c1-4-18-16(20-13-14-8-7-9-15(17)12-14)19-10-11-24(22,23)21(5-2)6-3/h7-9,12H,4-6,10-11,13H2,1-3H3,(H2,18,19,20). The van der Waals surface area contributed by atoms with E-state index in [1.54, 1.807) is 12.1 Å². The molecule has 1 aromatic rings. The molecule has 0 atom stereocenters. The number of halogens is 1. The summed E-state index contributed by atoms with van der Waals surface area (Å²) < 4.78 is 38.9. The van der Waals surface area contributed by atoms with E-state index in [4.69, 9.17) is 0 Å². The van der Waals surface area contributed by atoms with Crippen molar-refractivity contribution in [2.24, 2.45) is 4.99 Å². The van der Waals surface area contributed by atoms with Crippen LogP contribution in [0.4, 0.5) is 4.39 Å². The van der Waals surface area contributed by atoms with E-state index in [9.17, 15) is 12.8 Å². The third kappa shape index (κ3) is 6.84. The molecule has 0 bridgehead atoms. The highest BCUT2D eigenvalue weighted by atomic mass is 32.2. The summed E-state index contributed by atoms with van der Waals surface area (Å²) in [5, 5.41) is 6.05. The van der Waals surface area contributed by atoms with Crippen LogP contribution in [0.25, 0.3) is 0 Å². The van der Waals surface area contributed by atoms with Gasteiger partial charge in [0.2, 0.25) is 10.0 Å². The minimum Gasteiger partial charge on any atom is -0.357 e. The van der Waals surface area contributed by atoms with Crippen LogP contribution in [0.5, 0.6) is 0 Å². The van der Waals surface area contributed by atoms with Crippen molar-refractivity contribution >= 4 is 16.0 Å². The summed E-state index contributed by atoms with van der Waals surface area (Å²) >= 11 is 0. The Balaban J connectivity index is 2.61. The minimum atomic E-state index is -3.27. The third-order valence-electron chi connectivity index (χ3n) is 3.40. The fourth-order valence-corrected chi connectivity index (χ4v) is 3.60. The molecule has 24 heavy (non-hydrogen) atoms. The van der Waals surface area contributed by atoms with Crippen LogP contribution in [-0.4, -0.2) is 50.6 Å². The minimum absolute atomic E-state index is 0.000933. The van der Waals surface area contributed by atoms with Gasteiger partial charge in [0.1, 0.15) is 5.82 Å². The Morgan fingerprint density at radius 3 is 2.50 bits per heavy atom. The van der Waals surface area contributed by atoms with Gasteiger partial charge in [0.05, 0.1) is 12.3 Å². The zero-order chi connectivity index (χ0) is 18.0. The molecule has 0 saturated carbocycles. The van der Waals surface area contributed by atoms with Crippen LogP contribution in [-0.2, 0) is 16.6 Å². The van der Waals surface area contributed by atoms with Gasteiger partial charge < -0.3 is 10.6 Å². The number of hydrogen-bond donors (Lipinski definition) is 2. The number of guanidine groups is 1. The van der Waals surface area contributed by atoms with Gasteiger partial charge in [-0.05, 0) is 24.6 Å². The zero-order valence-electron chi connectivity index (χ0n) is 14.5. The van der Waals surface area contributed by atoms with E-state index in [1.807, 2.05) is 20.8 Å². The second-order valence-electron chi connectivity index (χ2n) is 5.15. The van der Waals surface area contributed by atoms with E-state index >= 15 is 0 Å². The predicted molar refractivity (Wildman–Crippen MR) is 95.9 cm³/mol. The summed E-state index contributed by atoms with van der Waals surface area (Å²) in [6.45, 7) is 7.71. The maximum atomic E-state index is 13.2. The van der Waals surface area contributed by atoms with Gasteiger partial charge >= 0.3 is 0 Å². The monoisotopic (exact) mass is 358 g/mol. The van der Waals surface area contributed by atoms with Crippen LogP contribution in [0.2, 0.25) is 0 Å². The van der Waals surface area contributed by atoms with Gasteiger partial charge in [0, 0.05) is 26.2 Å². The number of nitrogens with zero attached hydrogens (tertiary/aromatic N) is 2. The fourth-order valence-electron chi connectivity index (χ4n) is 2.19. The van der Waals surface area contributed by atoms with Crippen molar-refractivity contribution in [1.29, 1.82) is 0 Å². The lowest BCUT2D eigenvalue weighted by Gasteiger charge is -2.19. The maximum absolute atomic E-state index is 13.2. The van der Waals surface area contributed by atoms with E-state index in [0.29, 0.717) is 32.1 Å². The molecule has 0 amide bonds. The fraction of sp³-hybridized carbons (Fsp3) is 0.562. The van der Waals surface area contributed by atoms with Crippen molar-refractivity contribution in [3.05, 3.63) is 35.6 Å². The zero-order valence-corrected chi connectivity index (χ0v) is 15.4. The molecule has 0 fully saturated rings. The summed E-state index contributed by atoms with van der Waals surface area (Å²) in [5.41, 5.74) is 0.753. The Labute approximate surface area is 144 Å². The van der Waals surface area contributed by atoms with Crippen molar-refractivity contribution in [3.8, 4) is 0 Å². The van der Waals surface area contributed by atoms with Crippen molar-refractivity contribution in [2.75, 3.05) is 31.9 Å². The number of nitrogens with one attached hydrogen (secondary N) is 2. The first-order valence-corrected chi connectivity index (χ1v) is 9.78. The van der Waals surface area contributed by atoms with Gasteiger partial charge in [0.25, 0.3) is 0 Å². The summed E-state index contributed by atoms with van der Waals surface area (Å²) in [7, 11) is -3.27. The molecule has 6 nitrogen and oxygen atoms in total. The second kappa shape index (κ2) is 10.2. The Kier molecular flexibility index (Phi) is 8.70. The molecule has 136 valence electrons. The van der Waals surface area contributed by atoms with E-state index in [1.165, 1.54) is 16.4 Å². The van der Waals surface area contributed by atoms with Gasteiger partial charge in [-0.25, -0.2) is 22.1 Å². The first-order valence-electron chi connectivity index (χ1n) is 8.17. The molecule has 1 aromatic carbocycles. The smallest absolute Gasteiger partial charge is 0.215 e. The Bertz CT molecular complexity index is 631. The molecule has 2 N–H and O–H groups in total. The van der Waals surface area contributed by atoms with Crippen LogP contribution < -0.4 is 10.6 Å². The van der Waals surface area contributed by atoms with Crippen LogP contribution >= 0.6 is 0 Å². The SMILES string of the molecule is CCNC(=NCc1cccc(F)c1)NCCS(=O)(=O)N(CC)CC. The average Bonchev–Trinajstić information content (AvgIpc) is 2.53. The normalized spacial score (nSPS) is 12.5. The number of benzene rings is 1. The van der Waals surface area contributed by atoms with Crippen LogP contribution in [0.3, 0.4) is 0 Å². The summed E-state index contributed by atoms with van der Waals surface area (Å²) in [6, 6.07) is 6.24. The molecule has 0 aromatic heterocycles. The lowest BCUT2D eigenvalue weighted by molar-refractivity contribution is 0.445. The lowest BCUT2D eigenvalue weighted by Crippen LogP contribution is -2.42. The number of sulfonamides is 1. The van der Waals surface area contributed by atoms with Gasteiger partial charge in [-0.3, -0.25) is 0 Å². The molecule has 1 rings (SSSR count).